The van der Waals surface area contributed by atoms with Gasteiger partial charge in [0.05, 0.1) is 16.8 Å². The lowest BCUT2D eigenvalue weighted by molar-refractivity contribution is -0.144. The molecule has 232 valence electrons. The Balaban J connectivity index is 1.16. The number of hydrogen-bond acceptors (Lipinski definition) is 9. The quantitative estimate of drug-likeness (QED) is 0.157. The number of carbonyl (C=O) groups is 6. The molecule has 14 heteroatoms. The van der Waals surface area contributed by atoms with Crippen molar-refractivity contribution >= 4 is 63.0 Å². The highest BCUT2D eigenvalue weighted by Crippen LogP contribution is 2.33. The summed E-state index contributed by atoms with van der Waals surface area (Å²) in [7, 11) is 2.96. The van der Waals surface area contributed by atoms with E-state index < -0.39 is 35.8 Å². The Bertz CT molecular complexity index is 1450. The molecule has 5 amide bonds. The molecule has 1 saturated heterocycles. The number of nitrogens with zero attached hydrogens (tertiary/aromatic N) is 2. The number of rotatable bonds is 14. The van der Waals surface area contributed by atoms with E-state index in [4.69, 9.17) is 4.74 Å². The molecule has 0 saturated carbocycles. The third-order valence-electron chi connectivity index (χ3n) is 6.81. The first-order chi connectivity index (χ1) is 21.2. The number of nitrogens with one attached hydrogen (secondary N) is 2. The molecule has 0 radical (unpaired) electrons. The van der Waals surface area contributed by atoms with Crippen molar-refractivity contribution in [3.63, 3.8) is 0 Å². The maximum absolute atomic E-state index is 13.2. The zero-order valence-corrected chi connectivity index (χ0v) is 25.4. The van der Waals surface area contributed by atoms with Crippen molar-refractivity contribution in [2.24, 2.45) is 0 Å². The van der Waals surface area contributed by atoms with Crippen LogP contribution in [0.2, 0.25) is 0 Å². The molecule has 4 rings (SSSR count). The van der Waals surface area contributed by atoms with Gasteiger partial charge in [0.1, 0.15) is 19.2 Å². The number of carboxylic acid groups (broad SMARTS) is 1. The van der Waals surface area contributed by atoms with Gasteiger partial charge in [0.2, 0.25) is 11.8 Å². The molecular formula is C30H32N4O8S2. The molecule has 0 aromatic heterocycles. The highest BCUT2D eigenvalue weighted by atomic mass is 33.1. The summed E-state index contributed by atoms with van der Waals surface area (Å²) in [5, 5.41) is 14.3. The second kappa shape index (κ2) is 15.4. The standard InChI is InChI=1S/C30H32N4O8S2/c1-19-12-13-23(27(38)31-19)34-28(39)21-9-5-10-22(26(21)29(34)40)32-30(41)42-14-16-44-43-15-6-11-24(35)33(18-25(36)37)17-20-7-3-2-4-8-20/h2-5,7-10,23H,1,6,11-18H2,(H,31,38)(H,32,41)(H,36,37). The molecule has 0 spiro atoms. The summed E-state index contributed by atoms with van der Waals surface area (Å²) in [6.07, 6.45) is 0.688. The molecule has 2 heterocycles. The molecule has 1 fully saturated rings. The molecule has 3 N–H and O–H groups in total. The van der Waals surface area contributed by atoms with Gasteiger partial charge in [0.25, 0.3) is 11.8 Å². The third kappa shape index (κ3) is 8.41. The Kier molecular flexibility index (Phi) is 11.4. The number of anilines is 1. The predicted octanol–water partition coefficient (Wildman–Crippen LogP) is 3.90. The molecule has 12 nitrogen and oxygen atoms in total. The molecule has 0 aliphatic carbocycles. The Hall–Kier alpha value is -4.30. The highest BCUT2D eigenvalue weighted by Gasteiger charge is 2.45. The van der Waals surface area contributed by atoms with Crippen LogP contribution in [0.25, 0.3) is 0 Å². The summed E-state index contributed by atoms with van der Waals surface area (Å²) in [6, 6.07) is 12.7. The van der Waals surface area contributed by atoms with E-state index in [9.17, 15) is 33.9 Å². The van der Waals surface area contributed by atoms with Gasteiger partial charge in [-0.25, -0.2) is 4.79 Å². The summed E-state index contributed by atoms with van der Waals surface area (Å²) >= 11 is 0. The topological polar surface area (TPSA) is 162 Å². The van der Waals surface area contributed by atoms with Crippen molar-refractivity contribution < 1.29 is 38.6 Å². The fourth-order valence-electron chi connectivity index (χ4n) is 4.77. The number of piperidine rings is 1. The average molecular weight is 641 g/mol. The van der Waals surface area contributed by atoms with Crippen molar-refractivity contribution in [1.82, 2.24) is 15.1 Å². The Morgan fingerprint density at radius 1 is 1.05 bits per heavy atom. The SMILES string of the molecule is C=C1CCC(N2C(=O)c3cccc(NC(=O)OCCSSCCCC(=O)N(CC(=O)O)Cc4ccccc4)c3C2=O)C(=O)N1. The average Bonchev–Trinajstić information content (AvgIpc) is 3.24. The first-order valence-electron chi connectivity index (χ1n) is 13.9. The zero-order chi connectivity index (χ0) is 31.6. The number of ether oxygens (including phenoxy) is 1. The van der Waals surface area contributed by atoms with E-state index in [-0.39, 0.29) is 55.3 Å². The Labute approximate surface area is 261 Å². The van der Waals surface area contributed by atoms with Gasteiger partial charge in [-0.3, -0.25) is 34.2 Å². The monoisotopic (exact) mass is 640 g/mol. The van der Waals surface area contributed by atoms with E-state index in [1.165, 1.54) is 44.7 Å². The molecule has 1 atom stereocenters. The molecule has 2 aliphatic rings. The van der Waals surface area contributed by atoms with Gasteiger partial charge in [-0.1, -0.05) is 64.6 Å². The maximum atomic E-state index is 13.2. The minimum absolute atomic E-state index is 0.0109. The van der Waals surface area contributed by atoms with Crippen molar-refractivity contribution in [3.05, 3.63) is 77.5 Å². The van der Waals surface area contributed by atoms with E-state index in [1.54, 1.807) is 0 Å². The van der Waals surface area contributed by atoms with E-state index in [0.29, 0.717) is 30.0 Å². The number of aliphatic carboxylic acids is 1. The van der Waals surface area contributed by atoms with E-state index in [1.807, 2.05) is 30.3 Å². The molecule has 1 unspecified atom stereocenters. The first kappa shape index (κ1) is 32.6. The van der Waals surface area contributed by atoms with Crippen LogP contribution in [0.3, 0.4) is 0 Å². The number of carboxylic acids is 1. The van der Waals surface area contributed by atoms with Crippen LogP contribution in [0.4, 0.5) is 10.5 Å². The van der Waals surface area contributed by atoms with Gasteiger partial charge in [-0.2, -0.15) is 0 Å². The smallest absolute Gasteiger partial charge is 0.411 e. The maximum Gasteiger partial charge on any atom is 0.411 e. The van der Waals surface area contributed by atoms with Gasteiger partial charge >= 0.3 is 12.1 Å². The van der Waals surface area contributed by atoms with E-state index >= 15 is 0 Å². The van der Waals surface area contributed by atoms with E-state index in [2.05, 4.69) is 17.2 Å². The van der Waals surface area contributed by atoms with Crippen LogP contribution in [0.15, 0.2) is 60.8 Å². The van der Waals surface area contributed by atoms with Gasteiger partial charge in [-0.05, 0) is 37.0 Å². The second-order valence-electron chi connectivity index (χ2n) is 9.99. The first-order valence-corrected chi connectivity index (χ1v) is 16.4. The number of carbonyl (C=O) groups excluding carboxylic acids is 5. The van der Waals surface area contributed by atoms with Crippen LogP contribution in [-0.2, 0) is 25.7 Å². The number of benzene rings is 2. The number of allylic oxidation sites excluding steroid dienone is 1. The fraction of sp³-hybridized carbons (Fsp3) is 0.333. The van der Waals surface area contributed by atoms with Gasteiger partial charge in [0.15, 0.2) is 0 Å². The number of amides is 5. The molecular weight excluding hydrogens is 608 g/mol. The van der Waals surface area contributed by atoms with Crippen LogP contribution < -0.4 is 10.6 Å². The summed E-state index contributed by atoms with van der Waals surface area (Å²) in [5.74, 6) is -1.93. The summed E-state index contributed by atoms with van der Waals surface area (Å²) in [4.78, 5) is 77.1. The Morgan fingerprint density at radius 3 is 2.52 bits per heavy atom. The van der Waals surface area contributed by atoms with Crippen LogP contribution in [0.5, 0.6) is 0 Å². The van der Waals surface area contributed by atoms with Crippen LogP contribution >= 0.6 is 21.6 Å². The van der Waals surface area contributed by atoms with Crippen molar-refractivity contribution in [3.8, 4) is 0 Å². The van der Waals surface area contributed by atoms with Gasteiger partial charge < -0.3 is 20.1 Å². The summed E-state index contributed by atoms with van der Waals surface area (Å²) in [5.41, 5.74) is 1.61. The summed E-state index contributed by atoms with van der Waals surface area (Å²) < 4.78 is 5.23. The third-order valence-corrected chi connectivity index (χ3v) is 9.27. The minimum atomic E-state index is -1.07. The van der Waals surface area contributed by atoms with Crippen molar-refractivity contribution in [2.45, 2.75) is 38.3 Å². The second-order valence-corrected chi connectivity index (χ2v) is 12.7. The van der Waals surface area contributed by atoms with Gasteiger partial charge in [-0.15, -0.1) is 0 Å². The molecule has 2 aromatic rings. The summed E-state index contributed by atoms with van der Waals surface area (Å²) in [6.45, 7) is 3.66. The van der Waals surface area contributed by atoms with Crippen molar-refractivity contribution in [2.75, 3.05) is 30.0 Å². The molecule has 44 heavy (non-hydrogen) atoms. The van der Waals surface area contributed by atoms with E-state index in [0.717, 1.165) is 10.5 Å². The fourth-order valence-corrected chi connectivity index (χ4v) is 6.69. The highest BCUT2D eigenvalue weighted by molar-refractivity contribution is 8.76. The minimum Gasteiger partial charge on any atom is -0.480 e. The number of hydrogen-bond donors (Lipinski definition) is 3. The van der Waals surface area contributed by atoms with Gasteiger partial charge in [0, 0.05) is 30.2 Å². The Morgan fingerprint density at radius 2 is 1.80 bits per heavy atom. The van der Waals surface area contributed by atoms with Crippen LogP contribution in [0.1, 0.15) is 52.0 Å². The molecule has 0 bridgehead atoms. The molecule has 2 aromatic carbocycles. The number of fused-ring (bicyclic) bond motifs is 1. The normalized spacial score (nSPS) is 15.9. The van der Waals surface area contributed by atoms with Crippen LogP contribution in [-0.4, -0.2) is 81.3 Å². The lowest BCUT2D eigenvalue weighted by Gasteiger charge is -2.29. The number of imide groups is 1. The molecule has 2 aliphatic heterocycles. The largest absolute Gasteiger partial charge is 0.480 e. The van der Waals surface area contributed by atoms with Crippen molar-refractivity contribution in [1.29, 1.82) is 0 Å². The lowest BCUT2D eigenvalue weighted by Crippen LogP contribution is -2.51. The van der Waals surface area contributed by atoms with Crippen LogP contribution in [0, 0.1) is 0 Å². The predicted molar refractivity (Wildman–Crippen MR) is 166 cm³/mol. The lowest BCUT2D eigenvalue weighted by atomic mass is 10.0. The zero-order valence-electron chi connectivity index (χ0n) is 23.8.